The lowest BCUT2D eigenvalue weighted by molar-refractivity contribution is 0.0943. The van der Waals surface area contributed by atoms with Crippen molar-refractivity contribution in [1.82, 2.24) is 10.3 Å². The summed E-state index contributed by atoms with van der Waals surface area (Å²) in [5.74, 6) is 0.287. The minimum atomic E-state index is -0.0808. The zero-order chi connectivity index (χ0) is 12.8. The Morgan fingerprint density at radius 1 is 1.35 bits per heavy atom. The highest BCUT2D eigenvalue weighted by atomic mass is 16.1. The van der Waals surface area contributed by atoms with Crippen LogP contribution in [0.2, 0.25) is 0 Å². The number of rotatable bonds is 2. The van der Waals surface area contributed by atoms with Crippen molar-refractivity contribution in [3.05, 3.63) is 23.9 Å². The van der Waals surface area contributed by atoms with E-state index in [9.17, 15) is 4.79 Å². The number of pyridine rings is 1. The fraction of sp³-hybridized carbons (Fsp3) is 0.538. The quantitative estimate of drug-likeness (QED) is 0.818. The molecule has 0 saturated heterocycles. The summed E-state index contributed by atoms with van der Waals surface area (Å²) in [5, 5.41) is 3.06. The van der Waals surface area contributed by atoms with E-state index in [1.54, 1.807) is 18.3 Å². The number of nitrogen functional groups attached to an aromatic ring is 1. The van der Waals surface area contributed by atoms with Gasteiger partial charge in [-0.25, -0.2) is 4.98 Å². The van der Waals surface area contributed by atoms with Gasteiger partial charge in [-0.3, -0.25) is 4.79 Å². The molecule has 0 aromatic carbocycles. The molecule has 2 rings (SSSR count). The van der Waals surface area contributed by atoms with Gasteiger partial charge in [-0.05, 0) is 23.0 Å². The number of carbonyl (C=O) groups is 1. The molecule has 4 heteroatoms. The first-order chi connectivity index (χ1) is 7.76. The van der Waals surface area contributed by atoms with Crippen LogP contribution in [-0.2, 0) is 0 Å². The number of hydrogen-bond donors (Lipinski definition) is 2. The minimum absolute atomic E-state index is 0.0808. The molecule has 1 aromatic heterocycles. The number of nitrogens with zero attached hydrogens (tertiary/aromatic N) is 1. The normalized spacial score (nSPS) is 20.9. The summed E-state index contributed by atoms with van der Waals surface area (Å²) >= 11 is 0. The smallest absolute Gasteiger partial charge is 0.251 e. The summed E-state index contributed by atoms with van der Waals surface area (Å²) in [5.41, 5.74) is 6.40. The Bertz CT molecular complexity index is 451. The zero-order valence-electron chi connectivity index (χ0n) is 10.7. The Hall–Kier alpha value is -1.58. The average Bonchev–Trinajstić information content (AvgIpc) is 2.61. The van der Waals surface area contributed by atoms with Gasteiger partial charge in [-0.2, -0.15) is 0 Å². The molecule has 4 nitrogen and oxygen atoms in total. The van der Waals surface area contributed by atoms with Gasteiger partial charge in [0, 0.05) is 17.8 Å². The average molecular weight is 233 g/mol. The molecular weight excluding hydrogens is 214 g/mol. The maximum Gasteiger partial charge on any atom is 0.251 e. The fourth-order valence-electron chi connectivity index (χ4n) is 2.36. The molecule has 0 atom stereocenters. The van der Waals surface area contributed by atoms with Gasteiger partial charge < -0.3 is 11.1 Å². The minimum Gasteiger partial charge on any atom is -0.384 e. The largest absolute Gasteiger partial charge is 0.384 e. The van der Waals surface area contributed by atoms with Gasteiger partial charge >= 0.3 is 0 Å². The molecule has 1 fully saturated rings. The molecule has 92 valence electrons. The topological polar surface area (TPSA) is 68.0 Å². The van der Waals surface area contributed by atoms with E-state index >= 15 is 0 Å². The van der Waals surface area contributed by atoms with Crippen LogP contribution in [0.5, 0.6) is 0 Å². The second kappa shape index (κ2) is 3.45. The van der Waals surface area contributed by atoms with Crippen LogP contribution in [0.4, 0.5) is 5.82 Å². The van der Waals surface area contributed by atoms with Crippen molar-refractivity contribution < 1.29 is 4.79 Å². The third kappa shape index (κ3) is 1.77. The van der Waals surface area contributed by atoms with Crippen molar-refractivity contribution in [3.63, 3.8) is 0 Å². The van der Waals surface area contributed by atoms with Crippen LogP contribution in [0.1, 0.15) is 38.1 Å². The van der Waals surface area contributed by atoms with Gasteiger partial charge in [0.2, 0.25) is 0 Å². The summed E-state index contributed by atoms with van der Waals surface area (Å²) in [6.07, 6.45) is 1.55. The highest BCUT2D eigenvalue weighted by molar-refractivity contribution is 5.95. The molecule has 1 aliphatic rings. The Balaban J connectivity index is 2.10. The maximum absolute atomic E-state index is 12.0. The Labute approximate surface area is 102 Å². The van der Waals surface area contributed by atoms with E-state index in [-0.39, 0.29) is 22.8 Å². The van der Waals surface area contributed by atoms with E-state index in [0.29, 0.717) is 11.4 Å². The first kappa shape index (κ1) is 11.9. The fourth-order valence-corrected chi connectivity index (χ4v) is 2.36. The van der Waals surface area contributed by atoms with Gasteiger partial charge in [0.1, 0.15) is 5.82 Å². The number of nitrogens with two attached hydrogens (primary N) is 1. The zero-order valence-corrected chi connectivity index (χ0v) is 10.7. The summed E-state index contributed by atoms with van der Waals surface area (Å²) in [4.78, 5) is 15.9. The number of anilines is 1. The Kier molecular flexibility index (Phi) is 2.42. The standard InChI is InChI=1S/C13H19N3O/c1-12(2)11(13(12,3)4)16-10(17)8-5-6-15-9(14)7-8/h5-7,11H,1-4H3,(H2,14,15)(H,16,17). The van der Waals surface area contributed by atoms with Crippen molar-refractivity contribution in [1.29, 1.82) is 0 Å². The third-order valence-electron chi connectivity index (χ3n) is 4.34. The molecule has 1 amide bonds. The van der Waals surface area contributed by atoms with E-state index in [0.717, 1.165) is 0 Å². The summed E-state index contributed by atoms with van der Waals surface area (Å²) in [7, 11) is 0. The third-order valence-corrected chi connectivity index (χ3v) is 4.34. The van der Waals surface area contributed by atoms with E-state index in [1.165, 1.54) is 0 Å². The molecule has 1 aliphatic carbocycles. The van der Waals surface area contributed by atoms with Crippen LogP contribution in [0, 0.1) is 10.8 Å². The van der Waals surface area contributed by atoms with Crippen LogP contribution in [0.3, 0.4) is 0 Å². The van der Waals surface area contributed by atoms with Crippen LogP contribution >= 0.6 is 0 Å². The van der Waals surface area contributed by atoms with Crippen LogP contribution in [0.15, 0.2) is 18.3 Å². The van der Waals surface area contributed by atoms with Crippen molar-refractivity contribution in [2.45, 2.75) is 33.7 Å². The lowest BCUT2D eigenvalue weighted by Crippen LogP contribution is -2.29. The van der Waals surface area contributed by atoms with Gasteiger partial charge in [0.05, 0.1) is 0 Å². The molecule has 0 radical (unpaired) electrons. The molecule has 1 aromatic rings. The molecule has 1 heterocycles. The Morgan fingerprint density at radius 3 is 2.41 bits per heavy atom. The molecule has 17 heavy (non-hydrogen) atoms. The SMILES string of the molecule is CC1(C)C(NC(=O)c2ccnc(N)c2)C1(C)C. The van der Waals surface area contributed by atoms with Gasteiger partial charge in [-0.1, -0.05) is 27.7 Å². The highest BCUT2D eigenvalue weighted by Crippen LogP contribution is 2.62. The van der Waals surface area contributed by atoms with Gasteiger partial charge in [0.15, 0.2) is 0 Å². The number of hydrogen-bond acceptors (Lipinski definition) is 3. The van der Waals surface area contributed by atoms with Crippen molar-refractivity contribution >= 4 is 11.7 Å². The molecule has 0 aliphatic heterocycles. The van der Waals surface area contributed by atoms with Crippen molar-refractivity contribution in [2.75, 3.05) is 5.73 Å². The molecule has 1 saturated carbocycles. The molecule has 0 bridgehead atoms. The van der Waals surface area contributed by atoms with E-state index in [1.807, 2.05) is 0 Å². The predicted octanol–water partition coefficient (Wildman–Crippen LogP) is 1.83. The number of amides is 1. The van der Waals surface area contributed by atoms with E-state index in [2.05, 4.69) is 38.0 Å². The number of nitrogens with one attached hydrogen (secondary N) is 1. The summed E-state index contributed by atoms with van der Waals surface area (Å²) in [6, 6.07) is 3.48. The van der Waals surface area contributed by atoms with Crippen LogP contribution in [-0.4, -0.2) is 16.9 Å². The second-order valence-electron chi connectivity index (χ2n) is 5.82. The first-order valence-corrected chi connectivity index (χ1v) is 5.79. The Morgan fingerprint density at radius 2 is 1.94 bits per heavy atom. The number of aromatic nitrogens is 1. The first-order valence-electron chi connectivity index (χ1n) is 5.79. The maximum atomic E-state index is 12.0. The summed E-state index contributed by atoms with van der Waals surface area (Å²) < 4.78 is 0. The van der Waals surface area contributed by atoms with E-state index < -0.39 is 0 Å². The monoisotopic (exact) mass is 233 g/mol. The lowest BCUT2D eigenvalue weighted by atomic mass is 10.0. The second-order valence-corrected chi connectivity index (χ2v) is 5.82. The molecular formula is C13H19N3O. The van der Waals surface area contributed by atoms with Crippen molar-refractivity contribution in [3.8, 4) is 0 Å². The lowest BCUT2D eigenvalue weighted by Gasteiger charge is -2.07. The molecule has 3 N–H and O–H groups in total. The molecule has 0 unspecified atom stereocenters. The van der Waals surface area contributed by atoms with E-state index in [4.69, 9.17) is 5.73 Å². The van der Waals surface area contributed by atoms with Gasteiger partial charge in [0.25, 0.3) is 5.91 Å². The van der Waals surface area contributed by atoms with Crippen LogP contribution in [0.25, 0.3) is 0 Å². The van der Waals surface area contributed by atoms with Crippen molar-refractivity contribution in [2.24, 2.45) is 10.8 Å². The summed E-state index contributed by atoms with van der Waals surface area (Å²) in [6.45, 7) is 8.66. The van der Waals surface area contributed by atoms with Gasteiger partial charge in [-0.15, -0.1) is 0 Å². The number of carbonyl (C=O) groups excluding carboxylic acids is 1. The predicted molar refractivity (Wildman–Crippen MR) is 67.5 cm³/mol. The molecule has 0 spiro atoms. The highest BCUT2D eigenvalue weighted by Gasteiger charge is 2.65. The van der Waals surface area contributed by atoms with Crippen LogP contribution < -0.4 is 11.1 Å².